The van der Waals surface area contributed by atoms with Crippen LogP contribution < -0.4 is 10.6 Å². The summed E-state index contributed by atoms with van der Waals surface area (Å²) in [5.74, 6) is 0.762. The lowest BCUT2D eigenvalue weighted by Crippen LogP contribution is -2.38. The predicted molar refractivity (Wildman–Crippen MR) is 91.3 cm³/mol. The molecule has 5 nitrogen and oxygen atoms in total. The van der Waals surface area contributed by atoms with Crippen molar-refractivity contribution in [3.8, 4) is 0 Å². The number of nitrogens with zero attached hydrogens (tertiary/aromatic N) is 2. The largest absolute Gasteiger partial charge is 0.364 e. The fraction of sp³-hybridized carbons (Fsp3) is 0.444. The molecule has 2 aromatic rings. The van der Waals surface area contributed by atoms with E-state index in [1.54, 1.807) is 13.3 Å². The standard InChI is InChI=1S/C18H24N4O/c1-13(15-8-7-14-5-3-4-6-16(14)11-15)21-18(19-2)20-12-17-9-10-23-22-17/h7-11,13H,3-6,12H2,1-2H3,(H2,19,20,21). The van der Waals surface area contributed by atoms with Crippen molar-refractivity contribution in [2.75, 3.05) is 7.05 Å². The van der Waals surface area contributed by atoms with Crippen LogP contribution >= 0.6 is 0 Å². The molecule has 0 amide bonds. The highest BCUT2D eigenvalue weighted by atomic mass is 16.5. The third-order valence-corrected chi connectivity index (χ3v) is 4.38. The van der Waals surface area contributed by atoms with Crippen molar-refractivity contribution in [3.63, 3.8) is 0 Å². The maximum Gasteiger partial charge on any atom is 0.191 e. The fourth-order valence-electron chi connectivity index (χ4n) is 3.01. The second-order valence-corrected chi connectivity index (χ2v) is 6.02. The number of hydrogen-bond donors (Lipinski definition) is 2. The van der Waals surface area contributed by atoms with Gasteiger partial charge in [0.05, 0.1) is 12.6 Å². The maximum atomic E-state index is 4.83. The summed E-state index contributed by atoms with van der Waals surface area (Å²) in [7, 11) is 1.78. The monoisotopic (exact) mass is 312 g/mol. The highest BCUT2D eigenvalue weighted by molar-refractivity contribution is 5.80. The highest BCUT2D eigenvalue weighted by Gasteiger charge is 2.13. The predicted octanol–water partition coefficient (Wildman–Crippen LogP) is 2.98. The van der Waals surface area contributed by atoms with E-state index in [9.17, 15) is 0 Å². The van der Waals surface area contributed by atoms with Gasteiger partial charge in [-0.05, 0) is 49.3 Å². The topological polar surface area (TPSA) is 62.5 Å². The first kappa shape index (κ1) is 15.6. The zero-order valence-electron chi connectivity index (χ0n) is 13.8. The van der Waals surface area contributed by atoms with E-state index in [0.717, 1.165) is 11.7 Å². The second-order valence-electron chi connectivity index (χ2n) is 6.02. The molecule has 0 spiro atoms. The lowest BCUT2D eigenvalue weighted by atomic mass is 9.89. The molecule has 122 valence electrons. The summed E-state index contributed by atoms with van der Waals surface area (Å²) in [6, 6.07) is 8.90. The van der Waals surface area contributed by atoms with Crippen molar-refractivity contribution in [1.82, 2.24) is 15.8 Å². The van der Waals surface area contributed by atoms with Crippen molar-refractivity contribution >= 4 is 5.96 Å². The van der Waals surface area contributed by atoms with Gasteiger partial charge in [0.15, 0.2) is 5.96 Å². The lowest BCUT2D eigenvalue weighted by molar-refractivity contribution is 0.410. The van der Waals surface area contributed by atoms with Gasteiger partial charge in [0.2, 0.25) is 0 Å². The van der Waals surface area contributed by atoms with Crippen molar-refractivity contribution in [2.45, 2.75) is 45.2 Å². The summed E-state index contributed by atoms with van der Waals surface area (Å²) >= 11 is 0. The van der Waals surface area contributed by atoms with E-state index in [1.165, 1.54) is 42.4 Å². The Balaban J connectivity index is 1.61. The molecule has 1 aliphatic carbocycles. The number of aryl methyl sites for hydroxylation is 2. The minimum atomic E-state index is 0.200. The Hall–Kier alpha value is -2.30. The van der Waals surface area contributed by atoms with Crippen molar-refractivity contribution in [3.05, 3.63) is 52.9 Å². The van der Waals surface area contributed by atoms with E-state index in [1.807, 2.05) is 6.07 Å². The zero-order valence-corrected chi connectivity index (χ0v) is 13.8. The van der Waals surface area contributed by atoms with Crippen LogP contribution in [0.15, 0.2) is 40.0 Å². The van der Waals surface area contributed by atoms with Gasteiger partial charge in [-0.1, -0.05) is 23.4 Å². The van der Waals surface area contributed by atoms with Crippen LogP contribution in [0.1, 0.15) is 48.2 Å². The van der Waals surface area contributed by atoms with Crippen molar-refractivity contribution in [1.29, 1.82) is 0 Å². The van der Waals surface area contributed by atoms with Gasteiger partial charge in [-0.15, -0.1) is 0 Å². The van der Waals surface area contributed by atoms with Gasteiger partial charge in [0, 0.05) is 13.1 Å². The Morgan fingerprint density at radius 2 is 2.09 bits per heavy atom. The first-order valence-electron chi connectivity index (χ1n) is 8.24. The van der Waals surface area contributed by atoms with Gasteiger partial charge in [-0.25, -0.2) is 0 Å². The summed E-state index contributed by atoms with van der Waals surface area (Å²) < 4.78 is 4.83. The molecule has 3 rings (SSSR count). The number of guanidine groups is 1. The molecular formula is C18H24N4O. The number of hydrogen-bond acceptors (Lipinski definition) is 3. The lowest BCUT2D eigenvalue weighted by Gasteiger charge is -2.21. The van der Waals surface area contributed by atoms with Crippen LogP contribution in [0, 0.1) is 0 Å². The first-order valence-corrected chi connectivity index (χ1v) is 8.24. The quantitative estimate of drug-likeness (QED) is 0.673. The molecule has 23 heavy (non-hydrogen) atoms. The summed E-state index contributed by atoms with van der Waals surface area (Å²) in [6.07, 6.45) is 6.62. The molecule has 0 saturated carbocycles. The molecule has 1 heterocycles. The molecule has 0 bridgehead atoms. The van der Waals surface area contributed by atoms with Crippen molar-refractivity contribution < 1.29 is 4.52 Å². The molecule has 0 radical (unpaired) electrons. The molecule has 2 N–H and O–H groups in total. The molecular weight excluding hydrogens is 288 g/mol. The van der Waals surface area contributed by atoms with Crippen LogP contribution in [0.5, 0.6) is 0 Å². The molecule has 1 aliphatic rings. The van der Waals surface area contributed by atoms with Gasteiger partial charge in [-0.2, -0.15) is 0 Å². The summed E-state index contributed by atoms with van der Waals surface area (Å²) in [5.41, 5.74) is 5.18. The Kier molecular flexibility index (Phi) is 4.95. The summed E-state index contributed by atoms with van der Waals surface area (Å²) in [5, 5.41) is 10.6. The summed E-state index contributed by atoms with van der Waals surface area (Å²) in [6.45, 7) is 2.75. The van der Waals surface area contributed by atoms with Crippen LogP contribution in [-0.2, 0) is 19.4 Å². The van der Waals surface area contributed by atoms with Gasteiger partial charge in [0.1, 0.15) is 12.0 Å². The van der Waals surface area contributed by atoms with Crippen LogP contribution in [0.3, 0.4) is 0 Å². The second kappa shape index (κ2) is 7.31. The highest BCUT2D eigenvalue weighted by Crippen LogP contribution is 2.24. The zero-order chi connectivity index (χ0) is 16.1. The SMILES string of the molecule is CN=C(NCc1ccon1)NC(C)c1ccc2c(c1)CCCC2. The molecule has 0 saturated heterocycles. The van der Waals surface area contributed by atoms with Gasteiger partial charge in [0.25, 0.3) is 0 Å². The number of benzene rings is 1. The number of fused-ring (bicyclic) bond motifs is 1. The molecule has 0 aliphatic heterocycles. The van der Waals surface area contributed by atoms with Crippen molar-refractivity contribution in [2.24, 2.45) is 4.99 Å². The van der Waals surface area contributed by atoms with E-state index in [0.29, 0.717) is 6.54 Å². The van der Waals surface area contributed by atoms with Gasteiger partial charge >= 0.3 is 0 Å². The van der Waals surface area contributed by atoms with E-state index >= 15 is 0 Å². The van der Waals surface area contributed by atoms with Crippen LogP contribution in [0.4, 0.5) is 0 Å². The normalized spacial score (nSPS) is 15.8. The van der Waals surface area contributed by atoms with Gasteiger partial charge < -0.3 is 15.2 Å². The Morgan fingerprint density at radius 1 is 1.26 bits per heavy atom. The molecule has 1 aromatic heterocycles. The van der Waals surface area contributed by atoms with Crippen LogP contribution in [0.2, 0.25) is 0 Å². The molecule has 5 heteroatoms. The van der Waals surface area contributed by atoms with E-state index in [2.05, 4.69) is 45.9 Å². The third kappa shape index (κ3) is 3.92. The number of aliphatic imine (C=N–C) groups is 1. The molecule has 1 aromatic carbocycles. The molecule has 0 fully saturated rings. The average Bonchev–Trinajstić information content (AvgIpc) is 3.11. The first-order chi connectivity index (χ1) is 11.3. The van der Waals surface area contributed by atoms with E-state index < -0.39 is 0 Å². The number of nitrogens with one attached hydrogen (secondary N) is 2. The Labute approximate surface area is 137 Å². The summed E-state index contributed by atoms with van der Waals surface area (Å²) in [4.78, 5) is 4.28. The number of aromatic nitrogens is 1. The van der Waals surface area contributed by atoms with Gasteiger partial charge in [-0.3, -0.25) is 4.99 Å². The fourth-order valence-corrected chi connectivity index (χ4v) is 3.01. The molecule has 1 atom stereocenters. The molecule has 1 unspecified atom stereocenters. The van der Waals surface area contributed by atoms with Crippen LogP contribution in [0.25, 0.3) is 0 Å². The maximum absolute atomic E-state index is 4.83. The minimum Gasteiger partial charge on any atom is -0.364 e. The van der Waals surface area contributed by atoms with E-state index in [-0.39, 0.29) is 6.04 Å². The smallest absolute Gasteiger partial charge is 0.191 e. The minimum absolute atomic E-state index is 0.200. The van der Waals surface area contributed by atoms with Crippen LogP contribution in [-0.4, -0.2) is 18.2 Å². The van der Waals surface area contributed by atoms with E-state index in [4.69, 9.17) is 4.52 Å². The average molecular weight is 312 g/mol. The number of rotatable bonds is 4. The third-order valence-electron chi connectivity index (χ3n) is 4.38. The Morgan fingerprint density at radius 3 is 2.83 bits per heavy atom. The Bertz CT molecular complexity index is 664.